The van der Waals surface area contributed by atoms with Gasteiger partial charge in [-0.05, 0) is 63.1 Å². The van der Waals surface area contributed by atoms with Gasteiger partial charge in [0.15, 0.2) is 0 Å². The molecular weight excluding hydrogens is 375 g/mol. The third kappa shape index (κ3) is 4.80. The molecule has 0 saturated heterocycles. The summed E-state index contributed by atoms with van der Waals surface area (Å²) in [4.78, 5) is 16.8. The Hall–Kier alpha value is -2.53. The maximum absolute atomic E-state index is 12.6. The van der Waals surface area contributed by atoms with Crippen molar-refractivity contribution in [3.05, 3.63) is 52.2 Å². The summed E-state index contributed by atoms with van der Waals surface area (Å²) in [6.45, 7) is 7.20. The Morgan fingerprint density at radius 2 is 1.78 bits per heavy atom. The molecule has 0 radical (unpaired) electrons. The number of nitrogens with one attached hydrogen (secondary N) is 1. The van der Waals surface area contributed by atoms with Gasteiger partial charge in [-0.1, -0.05) is 11.8 Å². The van der Waals surface area contributed by atoms with Gasteiger partial charge in [0.1, 0.15) is 11.1 Å². The first-order valence-electron chi connectivity index (χ1n) is 8.07. The number of hydrogen-bond acceptors (Lipinski definition) is 4. The fourth-order valence-corrected chi connectivity index (χ4v) is 3.34. The minimum Gasteiger partial charge on any atom is -0.325 e. The molecule has 0 aliphatic heterocycles. The number of carbonyl (C=O) groups is 1. The van der Waals surface area contributed by atoms with Gasteiger partial charge in [-0.2, -0.15) is 18.4 Å². The zero-order chi connectivity index (χ0) is 20.4. The molecule has 1 aromatic heterocycles. The van der Waals surface area contributed by atoms with Crippen LogP contribution in [-0.4, -0.2) is 16.1 Å². The number of hydrogen-bond donors (Lipinski definition) is 1. The molecule has 8 heteroatoms. The van der Waals surface area contributed by atoms with Gasteiger partial charge < -0.3 is 5.32 Å². The first kappa shape index (κ1) is 20.8. The summed E-state index contributed by atoms with van der Waals surface area (Å²) < 4.78 is 37.8. The number of rotatable bonds is 4. The van der Waals surface area contributed by atoms with Crippen LogP contribution in [0.1, 0.15) is 34.9 Å². The Balaban J connectivity index is 2.14. The molecule has 0 bridgehead atoms. The molecular formula is C19H18F3N3OS. The van der Waals surface area contributed by atoms with Crippen LogP contribution < -0.4 is 5.32 Å². The molecule has 4 nitrogen and oxygen atoms in total. The zero-order valence-electron chi connectivity index (χ0n) is 15.2. The third-order valence-corrected chi connectivity index (χ3v) is 5.30. The molecule has 27 heavy (non-hydrogen) atoms. The molecule has 0 spiro atoms. The van der Waals surface area contributed by atoms with Gasteiger partial charge in [0, 0.05) is 11.4 Å². The molecule has 0 aliphatic rings. The Bertz CT molecular complexity index is 902. The van der Waals surface area contributed by atoms with Crippen molar-refractivity contribution < 1.29 is 18.0 Å². The van der Waals surface area contributed by atoms with Gasteiger partial charge in [0.25, 0.3) is 0 Å². The highest BCUT2D eigenvalue weighted by Gasteiger charge is 2.30. The Morgan fingerprint density at radius 3 is 2.30 bits per heavy atom. The van der Waals surface area contributed by atoms with Crippen molar-refractivity contribution in [2.75, 3.05) is 5.32 Å². The summed E-state index contributed by atoms with van der Waals surface area (Å²) >= 11 is 1.14. The first-order valence-corrected chi connectivity index (χ1v) is 8.95. The van der Waals surface area contributed by atoms with E-state index in [1.807, 2.05) is 20.8 Å². The third-order valence-electron chi connectivity index (χ3n) is 4.21. The Morgan fingerprint density at radius 1 is 1.19 bits per heavy atom. The van der Waals surface area contributed by atoms with Crippen LogP contribution in [0.5, 0.6) is 0 Å². The first-order chi connectivity index (χ1) is 12.5. The topological polar surface area (TPSA) is 65.8 Å². The highest BCUT2D eigenvalue weighted by Crippen LogP contribution is 2.31. The molecule has 0 aliphatic carbocycles. The van der Waals surface area contributed by atoms with Crippen LogP contribution in [0.25, 0.3) is 0 Å². The number of aromatic nitrogens is 1. The van der Waals surface area contributed by atoms with Crippen molar-refractivity contribution in [1.82, 2.24) is 4.98 Å². The lowest BCUT2D eigenvalue weighted by atomic mass is 10.1. The summed E-state index contributed by atoms with van der Waals surface area (Å²) in [5.74, 6) is -0.388. The fourth-order valence-electron chi connectivity index (χ4n) is 2.34. The predicted octanol–water partition coefficient (Wildman–Crippen LogP) is 5.02. The van der Waals surface area contributed by atoms with E-state index in [9.17, 15) is 23.2 Å². The highest BCUT2D eigenvalue weighted by atomic mass is 32.2. The molecule has 1 amide bonds. The summed E-state index contributed by atoms with van der Waals surface area (Å²) in [6, 6.07) is 6.36. The van der Waals surface area contributed by atoms with Gasteiger partial charge >= 0.3 is 6.18 Å². The van der Waals surface area contributed by atoms with Gasteiger partial charge in [0.05, 0.1) is 16.4 Å². The Kier molecular flexibility index (Phi) is 6.16. The molecule has 0 unspecified atom stereocenters. The van der Waals surface area contributed by atoms with E-state index in [0.29, 0.717) is 10.6 Å². The van der Waals surface area contributed by atoms with Crippen molar-refractivity contribution >= 4 is 23.4 Å². The maximum Gasteiger partial charge on any atom is 0.416 e. The average molecular weight is 393 g/mol. The molecule has 0 fully saturated rings. The second-order valence-corrected chi connectivity index (χ2v) is 7.39. The van der Waals surface area contributed by atoms with E-state index in [1.54, 1.807) is 6.92 Å². The quantitative estimate of drug-likeness (QED) is 0.741. The van der Waals surface area contributed by atoms with E-state index in [1.165, 1.54) is 12.1 Å². The number of nitrogens with zero attached hydrogens (tertiary/aromatic N) is 2. The van der Waals surface area contributed by atoms with Crippen molar-refractivity contribution in [3.8, 4) is 6.07 Å². The van der Waals surface area contributed by atoms with Crippen LogP contribution in [0.15, 0.2) is 29.3 Å². The molecule has 1 aromatic carbocycles. The SMILES string of the molecule is Cc1nc(S[C@@H](C)C(=O)Nc2ccc(C(F)(F)F)cc2)c(C#N)c(C)c1C. The van der Waals surface area contributed by atoms with Crippen LogP contribution in [0.2, 0.25) is 0 Å². The predicted molar refractivity (Wildman–Crippen MR) is 98.6 cm³/mol. The van der Waals surface area contributed by atoms with Gasteiger partial charge in [-0.3, -0.25) is 4.79 Å². The molecule has 2 rings (SSSR count). The summed E-state index contributed by atoms with van der Waals surface area (Å²) in [6.07, 6.45) is -4.42. The van der Waals surface area contributed by atoms with Crippen molar-refractivity contribution in [2.45, 2.75) is 44.1 Å². The number of pyridine rings is 1. The van der Waals surface area contributed by atoms with Crippen molar-refractivity contribution in [3.63, 3.8) is 0 Å². The monoisotopic (exact) mass is 393 g/mol. The number of carbonyl (C=O) groups excluding carboxylic acids is 1. The standard InChI is InChI=1S/C19H18F3N3OS/c1-10-11(2)16(9-23)18(24-12(10)3)27-13(4)17(26)25-15-7-5-14(6-8-15)19(20,21)22/h5-8,13H,1-4H3,(H,25,26)/t13-/m0/s1. The van der Waals surface area contributed by atoms with Crippen molar-refractivity contribution in [1.29, 1.82) is 5.26 Å². The summed E-state index contributed by atoms with van der Waals surface area (Å²) in [5.41, 5.74) is 2.45. The summed E-state index contributed by atoms with van der Waals surface area (Å²) in [5, 5.41) is 11.9. The second kappa shape index (κ2) is 8.01. The van der Waals surface area contributed by atoms with E-state index in [4.69, 9.17) is 0 Å². The molecule has 1 heterocycles. The lowest BCUT2D eigenvalue weighted by Gasteiger charge is -2.15. The lowest BCUT2D eigenvalue weighted by molar-refractivity contribution is -0.137. The van der Waals surface area contributed by atoms with Gasteiger partial charge in [-0.15, -0.1) is 0 Å². The number of benzene rings is 1. The van der Waals surface area contributed by atoms with Crippen LogP contribution in [0.3, 0.4) is 0 Å². The summed E-state index contributed by atoms with van der Waals surface area (Å²) in [7, 11) is 0. The molecule has 0 saturated carbocycles. The van der Waals surface area contributed by atoms with Crippen LogP contribution in [-0.2, 0) is 11.0 Å². The van der Waals surface area contributed by atoms with Crippen molar-refractivity contribution in [2.24, 2.45) is 0 Å². The van der Waals surface area contributed by atoms with Crippen LogP contribution in [0, 0.1) is 32.1 Å². The van der Waals surface area contributed by atoms with Gasteiger partial charge in [0.2, 0.25) is 5.91 Å². The number of anilines is 1. The molecule has 1 atom stereocenters. The van der Waals surface area contributed by atoms with Crippen LogP contribution >= 0.6 is 11.8 Å². The number of aryl methyl sites for hydroxylation is 1. The minimum absolute atomic E-state index is 0.269. The average Bonchev–Trinajstić information content (AvgIpc) is 2.59. The number of nitriles is 1. The van der Waals surface area contributed by atoms with E-state index in [2.05, 4.69) is 16.4 Å². The van der Waals surface area contributed by atoms with E-state index in [0.717, 1.165) is 40.7 Å². The Labute approximate surface area is 159 Å². The highest BCUT2D eigenvalue weighted by molar-refractivity contribution is 8.00. The number of alkyl halides is 3. The number of amides is 1. The van der Waals surface area contributed by atoms with Gasteiger partial charge in [-0.25, -0.2) is 4.98 Å². The van der Waals surface area contributed by atoms with E-state index < -0.39 is 17.0 Å². The zero-order valence-corrected chi connectivity index (χ0v) is 16.0. The molecule has 1 N–H and O–H groups in total. The van der Waals surface area contributed by atoms with E-state index in [-0.39, 0.29) is 11.6 Å². The minimum atomic E-state index is -4.42. The maximum atomic E-state index is 12.6. The normalized spacial score (nSPS) is 12.4. The largest absolute Gasteiger partial charge is 0.416 e. The lowest BCUT2D eigenvalue weighted by Crippen LogP contribution is -2.23. The number of thioether (sulfide) groups is 1. The van der Waals surface area contributed by atoms with E-state index >= 15 is 0 Å². The smallest absolute Gasteiger partial charge is 0.325 e. The fraction of sp³-hybridized carbons (Fsp3) is 0.316. The molecule has 2 aromatic rings. The second-order valence-electron chi connectivity index (χ2n) is 6.06. The molecule has 142 valence electrons. The van der Waals surface area contributed by atoms with Crippen LogP contribution in [0.4, 0.5) is 18.9 Å². The number of halogens is 3.